The third kappa shape index (κ3) is 2.69. The zero-order chi connectivity index (χ0) is 15.7. The van der Waals surface area contributed by atoms with Crippen molar-refractivity contribution in [3.63, 3.8) is 0 Å². The molecule has 5 nitrogen and oxygen atoms in total. The molecule has 1 aliphatic heterocycles. The van der Waals surface area contributed by atoms with Gasteiger partial charge in [0.1, 0.15) is 10.7 Å². The highest BCUT2D eigenvalue weighted by Gasteiger charge is 2.28. The number of rotatable bonds is 3. The molecule has 0 N–H and O–H groups in total. The zero-order valence-corrected chi connectivity index (χ0v) is 12.8. The van der Waals surface area contributed by atoms with Gasteiger partial charge < -0.3 is 4.74 Å². The highest BCUT2D eigenvalue weighted by atomic mass is 32.2. The first-order valence-corrected chi connectivity index (χ1v) is 8.22. The van der Waals surface area contributed by atoms with Crippen molar-refractivity contribution >= 4 is 10.0 Å². The summed E-state index contributed by atoms with van der Waals surface area (Å²) in [6.07, 6.45) is 1.78. The Morgan fingerprint density at radius 1 is 1.23 bits per heavy atom. The van der Waals surface area contributed by atoms with Crippen LogP contribution in [0.5, 0.6) is 5.88 Å². The lowest BCUT2D eigenvalue weighted by atomic mass is 10.0. The average Bonchev–Trinajstić information content (AvgIpc) is 2.54. The summed E-state index contributed by atoms with van der Waals surface area (Å²) in [5.74, 6) is 0.0628. The van der Waals surface area contributed by atoms with E-state index in [2.05, 4.69) is 4.98 Å². The molecule has 2 aromatic rings. The number of ether oxygens (including phenoxy) is 1. The van der Waals surface area contributed by atoms with Crippen LogP contribution in [-0.2, 0) is 23.0 Å². The molecule has 0 aliphatic carbocycles. The summed E-state index contributed by atoms with van der Waals surface area (Å²) in [6.45, 7) is 0.564. The number of benzene rings is 1. The number of aromatic nitrogens is 1. The number of nitrogens with zero attached hydrogens (tertiary/aromatic N) is 2. The predicted molar refractivity (Wildman–Crippen MR) is 78.5 cm³/mol. The summed E-state index contributed by atoms with van der Waals surface area (Å²) in [7, 11) is -2.15. The Labute approximate surface area is 128 Å². The van der Waals surface area contributed by atoms with Gasteiger partial charge in [-0.25, -0.2) is 17.8 Å². The number of hydrogen-bond acceptors (Lipinski definition) is 4. The van der Waals surface area contributed by atoms with E-state index in [0.717, 1.165) is 11.1 Å². The molecule has 1 aromatic heterocycles. The molecule has 3 rings (SSSR count). The molecule has 0 radical (unpaired) electrons. The maximum atomic E-state index is 13.2. The van der Waals surface area contributed by atoms with Crippen molar-refractivity contribution in [2.45, 2.75) is 17.9 Å². The van der Waals surface area contributed by atoms with Crippen molar-refractivity contribution < 1.29 is 17.5 Å². The molecule has 1 aromatic carbocycles. The first-order valence-electron chi connectivity index (χ1n) is 6.78. The fourth-order valence-corrected chi connectivity index (χ4v) is 3.85. The Hall–Kier alpha value is -1.99. The van der Waals surface area contributed by atoms with Gasteiger partial charge in [0.2, 0.25) is 15.9 Å². The van der Waals surface area contributed by atoms with E-state index in [1.165, 1.54) is 41.9 Å². The van der Waals surface area contributed by atoms with Crippen LogP contribution in [0.1, 0.15) is 11.1 Å². The zero-order valence-electron chi connectivity index (χ0n) is 12.0. The lowest BCUT2D eigenvalue weighted by Gasteiger charge is -2.28. The smallest absolute Gasteiger partial charge is 0.244 e. The standard InChI is InChI=1S/C15H15FN2O3S/c1-21-15-5-4-14(9-17-15)22(19,20)18-7-6-11-8-13(16)3-2-12(11)10-18/h2-5,8-9H,6-7,10H2,1H3. The SMILES string of the molecule is COc1ccc(S(=O)(=O)N2CCc3cc(F)ccc3C2)cn1. The van der Waals surface area contributed by atoms with Crippen LogP contribution in [0.3, 0.4) is 0 Å². The molecule has 0 amide bonds. The summed E-state index contributed by atoms with van der Waals surface area (Å²) in [6, 6.07) is 7.44. The maximum absolute atomic E-state index is 13.2. The van der Waals surface area contributed by atoms with E-state index >= 15 is 0 Å². The van der Waals surface area contributed by atoms with Crippen molar-refractivity contribution in [3.05, 3.63) is 53.5 Å². The van der Waals surface area contributed by atoms with Gasteiger partial charge in [0.05, 0.1) is 13.3 Å². The van der Waals surface area contributed by atoms with Gasteiger partial charge in [-0.05, 0) is 35.7 Å². The van der Waals surface area contributed by atoms with E-state index in [1.54, 1.807) is 6.07 Å². The Morgan fingerprint density at radius 3 is 2.73 bits per heavy atom. The van der Waals surface area contributed by atoms with Crippen LogP contribution in [0.15, 0.2) is 41.4 Å². The Kier molecular flexibility index (Phi) is 3.84. The van der Waals surface area contributed by atoms with Gasteiger partial charge >= 0.3 is 0 Å². The van der Waals surface area contributed by atoms with Crippen molar-refractivity contribution in [1.82, 2.24) is 9.29 Å². The van der Waals surface area contributed by atoms with Gasteiger partial charge in [-0.1, -0.05) is 6.07 Å². The molecule has 0 saturated carbocycles. The van der Waals surface area contributed by atoms with E-state index in [-0.39, 0.29) is 17.3 Å². The van der Waals surface area contributed by atoms with Crippen molar-refractivity contribution in [3.8, 4) is 5.88 Å². The molecule has 2 heterocycles. The van der Waals surface area contributed by atoms with Gasteiger partial charge in [-0.2, -0.15) is 4.31 Å². The highest BCUT2D eigenvalue weighted by Crippen LogP contribution is 2.25. The minimum atomic E-state index is -3.62. The highest BCUT2D eigenvalue weighted by molar-refractivity contribution is 7.89. The fraction of sp³-hybridized carbons (Fsp3) is 0.267. The number of halogens is 1. The molecular weight excluding hydrogens is 307 g/mol. The number of hydrogen-bond donors (Lipinski definition) is 0. The second-order valence-electron chi connectivity index (χ2n) is 5.04. The minimum Gasteiger partial charge on any atom is -0.481 e. The Morgan fingerprint density at radius 2 is 2.05 bits per heavy atom. The van der Waals surface area contributed by atoms with E-state index in [9.17, 15) is 12.8 Å². The maximum Gasteiger partial charge on any atom is 0.244 e. The second kappa shape index (κ2) is 5.66. The number of fused-ring (bicyclic) bond motifs is 1. The number of methoxy groups -OCH3 is 1. The quantitative estimate of drug-likeness (QED) is 0.867. The van der Waals surface area contributed by atoms with E-state index in [0.29, 0.717) is 18.8 Å². The minimum absolute atomic E-state index is 0.124. The number of pyridine rings is 1. The van der Waals surface area contributed by atoms with Crippen molar-refractivity contribution in [2.75, 3.05) is 13.7 Å². The third-order valence-electron chi connectivity index (χ3n) is 3.70. The average molecular weight is 322 g/mol. The molecule has 1 aliphatic rings. The Balaban J connectivity index is 1.88. The second-order valence-corrected chi connectivity index (χ2v) is 6.98. The first kappa shape index (κ1) is 14.9. The summed E-state index contributed by atoms with van der Waals surface area (Å²) >= 11 is 0. The van der Waals surface area contributed by atoms with Crippen molar-refractivity contribution in [1.29, 1.82) is 0 Å². The largest absolute Gasteiger partial charge is 0.481 e. The Bertz CT molecular complexity index is 791. The van der Waals surface area contributed by atoms with Crippen LogP contribution in [0.4, 0.5) is 4.39 Å². The lowest BCUT2D eigenvalue weighted by molar-refractivity contribution is 0.388. The molecule has 0 spiro atoms. The third-order valence-corrected chi connectivity index (χ3v) is 5.53. The van der Waals surface area contributed by atoms with Crippen LogP contribution in [0.2, 0.25) is 0 Å². The predicted octanol–water partition coefficient (Wildman–Crippen LogP) is 1.98. The summed E-state index contributed by atoms with van der Waals surface area (Å²) in [5, 5.41) is 0. The molecule has 0 unspecified atom stereocenters. The number of sulfonamides is 1. The van der Waals surface area contributed by atoms with Crippen molar-refractivity contribution in [2.24, 2.45) is 0 Å². The van der Waals surface area contributed by atoms with Gasteiger partial charge in [-0.3, -0.25) is 0 Å². The van der Waals surface area contributed by atoms with Gasteiger partial charge in [0, 0.05) is 19.2 Å². The molecule has 116 valence electrons. The van der Waals surface area contributed by atoms with Crippen LogP contribution in [0, 0.1) is 5.82 Å². The van der Waals surface area contributed by atoms with Gasteiger partial charge in [0.15, 0.2) is 0 Å². The van der Waals surface area contributed by atoms with Gasteiger partial charge in [-0.15, -0.1) is 0 Å². The molecular formula is C15H15FN2O3S. The van der Waals surface area contributed by atoms with Crippen LogP contribution >= 0.6 is 0 Å². The lowest BCUT2D eigenvalue weighted by Crippen LogP contribution is -2.36. The molecule has 0 atom stereocenters. The normalized spacial score (nSPS) is 15.4. The fourth-order valence-electron chi connectivity index (χ4n) is 2.49. The summed E-state index contributed by atoms with van der Waals surface area (Å²) < 4.78 is 44.8. The monoisotopic (exact) mass is 322 g/mol. The van der Waals surface area contributed by atoms with E-state index in [4.69, 9.17) is 4.74 Å². The van der Waals surface area contributed by atoms with Crippen LogP contribution < -0.4 is 4.74 Å². The molecule has 0 bridgehead atoms. The topological polar surface area (TPSA) is 59.5 Å². The van der Waals surface area contributed by atoms with Gasteiger partial charge in [0.25, 0.3) is 0 Å². The van der Waals surface area contributed by atoms with E-state index in [1.807, 2.05) is 0 Å². The molecule has 0 fully saturated rings. The summed E-state index contributed by atoms with van der Waals surface area (Å²) in [5.41, 5.74) is 1.69. The van der Waals surface area contributed by atoms with Crippen LogP contribution in [-0.4, -0.2) is 31.4 Å². The first-order chi connectivity index (χ1) is 10.5. The summed E-state index contributed by atoms with van der Waals surface area (Å²) in [4.78, 5) is 4.06. The molecule has 0 saturated heterocycles. The molecule has 7 heteroatoms. The van der Waals surface area contributed by atoms with E-state index < -0.39 is 10.0 Å². The molecule has 22 heavy (non-hydrogen) atoms. The van der Waals surface area contributed by atoms with Crippen LogP contribution in [0.25, 0.3) is 0 Å².